The van der Waals surface area contributed by atoms with E-state index in [1.807, 2.05) is 19.3 Å². The maximum Gasteiger partial charge on any atom is 0.275 e. The fraction of sp³-hybridized carbons (Fsp3) is 0.235. The Balaban J connectivity index is 1.57. The molecule has 1 saturated carbocycles. The van der Waals surface area contributed by atoms with E-state index in [2.05, 4.69) is 25.4 Å². The maximum absolute atomic E-state index is 12.5. The largest absolute Gasteiger partial charge is 0.305 e. The second-order valence-corrected chi connectivity index (χ2v) is 6.36. The number of anilines is 1. The number of aryl methyl sites for hydroxylation is 1. The minimum absolute atomic E-state index is 0.295. The van der Waals surface area contributed by atoms with E-state index in [1.165, 1.54) is 6.07 Å². The number of hydrogen-bond acceptors (Lipinski definition) is 5. The Kier molecular flexibility index (Phi) is 3.93. The van der Waals surface area contributed by atoms with E-state index in [-0.39, 0.29) is 5.91 Å². The molecule has 1 aliphatic rings. The first-order chi connectivity index (χ1) is 12.1. The van der Waals surface area contributed by atoms with E-state index < -0.39 is 0 Å². The van der Waals surface area contributed by atoms with Gasteiger partial charge in [0.15, 0.2) is 0 Å². The monoisotopic (exact) mass is 354 g/mol. The van der Waals surface area contributed by atoms with E-state index in [9.17, 15) is 4.79 Å². The first-order valence-electron chi connectivity index (χ1n) is 7.90. The van der Waals surface area contributed by atoms with E-state index in [0.29, 0.717) is 34.1 Å². The van der Waals surface area contributed by atoms with Gasteiger partial charge in [0.2, 0.25) is 0 Å². The summed E-state index contributed by atoms with van der Waals surface area (Å²) in [5.74, 6) is 1.07. The van der Waals surface area contributed by atoms with Gasteiger partial charge in [0.05, 0.1) is 11.9 Å². The van der Waals surface area contributed by atoms with Crippen LogP contribution in [0.15, 0.2) is 36.7 Å². The molecule has 1 fully saturated rings. The van der Waals surface area contributed by atoms with Crippen molar-refractivity contribution in [3.63, 3.8) is 0 Å². The molecule has 0 radical (unpaired) electrons. The van der Waals surface area contributed by atoms with Crippen LogP contribution in [0.5, 0.6) is 0 Å². The molecule has 0 aliphatic heterocycles. The lowest BCUT2D eigenvalue weighted by atomic mass is 10.2. The Bertz CT molecular complexity index is 950. The highest BCUT2D eigenvalue weighted by Gasteiger charge is 2.27. The lowest BCUT2D eigenvalue weighted by Gasteiger charge is -2.07. The number of nitrogens with one attached hydrogen (secondary N) is 1. The van der Waals surface area contributed by atoms with Gasteiger partial charge in [0, 0.05) is 30.8 Å². The fourth-order valence-corrected chi connectivity index (χ4v) is 2.67. The van der Waals surface area contributed by atoms with Crippen molar-refractivity contribution in [3.05, 3.63) is 53.3 Å². The first kappa shape index (κ1) is 15.7. The third-order valence-corrected chi connectivity index (χ3v) is 4.07. The summed E-state index contributed by atoms with van der Waals surface area (Å²) in [6, 6.07) is 6.81. The molecule has 0 atom stereocenters. The average Bonchev–Trinajstić information content (AvgIpc) is 3.36. The SMILES string of the molecule is Cn1cc(-c2cccc(C(=O)Nc3cc(Cl)nc(C4CC4)n3)n2)cn1. The van der Waals surface area contributed by atoms with Gasteiger partial charge in [-0.1, -0.05) is 17.7 Å². The zero-order valence-corrected chi connectivity index (χ0v) is 14.2. The van der Waals surface area contributed by atoms with Crippen molar-refractivity contribution in [2.45, 2.75) is 18.8 Å². The zero-order valence-electron chi connectivity index (χ0n) is 13.5. The average molecular weight is 355 g/mol. The van der Waals surface area contributed by atoms with Gasteiger partial charge in [-0.15, -0.1) is 0 Å². The molecule has 1 N–H and O–H groups in total. The summed E-state index contributed by atoms with van der Waals surface area (Å²) in [5.41, 5.74) is 1.82. The lowest BCUT2D eigenvalue weighted by molar-refractivity contribution is 0.102. The van der Waals surface area contributed by atoms with Crippen molar-refractivity contribution in [1.82, 2.24) is 24.7 Å². The van der Waals surface area contributed by atoms with Crippen molar-refractivity contribution in [2.24, 2.45) is 7.05 Å². The molecular weight excluding hydrogens is 340 g/mol. The third-order valence-electron chi connectivity index (χ3n) is 3.88. The van der Waals surface area contributed by atoms with Gasteiger partial charge in [-0.2, -0.15) is 5.10 Å². The van der Waals surface area contributed by atoms with Crippen LogP contribution in [0.1, 0.15) is 35.1 Å². The molecule has 0 spiro atoms. The molecule has 1 amide bonds. The Morgan fingerprint density at radius 2 is 2.12 bits per heavy atom. The molecule has 0 aromatic carbocycles. The molecule has 0 saturated heterocycles. The summed E-state index contributed by atoms with van der Waals surface area (Å²) < 4.78 is 1.69. The normalized spacial score (nSPS) is 13.7. The number of aromatic nitrogens is 5. The summed E-state index contributed by atoms with van der Waals surface area (Å²) in [4.78, 5) is 25.5. The predicted molar refractivity (Wildman–Crippen MR) is 93.4 cm³/mol. The van der Waals surface area contributed by atoms with Crippen LogP contribution in [0, 0.1) is 0 Å². The van der Waals surface area contributed by atoms with E-state index >= 15 is 0 Å². The number of nitrogens with zero attached hydrogens (tertiary/aromatic N) is 5. The number of rotatable bonds is 4. The Labute approximate surface area is 149 Å². The minimum atomic E-state index is -0.345. The van der Waals surface area contributed by atoms with Crippen LogP contribution in [0.25, 0.3) is 11.3 Å². The number of amides is 1. The standard InChI is InChI=1S/C17H15ClN6O/c1-24-9-11(8-19-24)12-3-2-4-13(20-12)17(25)23-15-7-14(18)21-16(22-15)10-5-6-10/h2-4,7-10H,5-6H2,1H3,(H,21,22,23,25). The minimum Gasteiger partial charge on any atom is -0.305 e. The van der Waals surface area contributed by atoms with Crippen molar-refractivity contribution in [3.8, 4) is 11.3 Å². The van der Waals surface area contributed by atoms with Crippen LogP contribution in [-0.4, -0.2) is 30.6 Å². The molecule has 4 rings (SSSR count). The number of carbonyl (C=O) groups excluding carboxylic acids is 1. The van der Waals surface area contributed by atoms with Gasteiger partial charge in [-0.3, -0.25) is 9.48 Å². The molecule has 0 unspecified atom stereocenters. The second-order valence-electron chi connectivity index (χ2n) is 5.97. The molecule has 8 heteroatoms. The number of carbonyl (C=O) groups is 1. The van der Waals surface area contributed by atoms with Crippen molar-refractivity contribution < 1.29 is 4.79 Å². The van der Waals surface area contributed by atoms with E-state index in [0.717, 1.165) is 18.4 Å². The summed E-state index contributed by atoms with van der Waals surface area (Å²) in [7, 11) is 1.83. The number of halogens is 1. The van der Waals surface area contributed by atoms with Gasteiger partial charge >= 0.3 is 0 Å². The highest BCUT2D eigenvalue weighted by molar-refractivity contribution is 6.29. The summed E-state index contributed by atoms with van der Waals surface area (Å²) in [5, 5.41) is 7.19. The van der Waals surface area contributed by atoms with E-state index in [4.69, 9.17) is 11.6 Å². The van der Waals surface area contributed by atoms with Gasteiger partial charge in [-0.25, -0.2) is 15.0 Å². The third kappa shape index (κ3) is 3.51. The van der Waals surface area contributed by atoms with Crippen LogP contribution in [0.2, 0.25) is 5.15 Å². The molecule has 25 heavy (non-hydrogen) atoms. The molecule has 3 aromatic heterocycles. The fourth-order valence-electron chi connectivity index (χ4n) is 2.48. The van der Waals surface area contributed by atoms with Crippen LogP contribution >= 0.6 is 11.6 Å². The Morgan fingerprint density at radius 3 is 2.84 bits per heavy atom. The topological polar surface area (TPSA) is 85.6 Å². The number of hydrogen-bond donors (Lipinski definition) is 1. The van der Waals surface area contributed by atoms with Crippen molar-refractivity contribution in [2.75, 3.05) is 5.32 Å². The van der Waals surface area contributed by atoms with Crippen molar-refractivity contribution >= 4 is 23.3 Å². The van der Waals surface area contributed by atoms with Crippen LogP contribution in [0.4, 0.5) is 5.82 Å². The Hall–Kier alpha value is -2.80. The van der Waals surface area contributed by atoms with Crippen molar-refractivity contribution in [1.29, 1.82) is 0 Å². The molecule has 1 aliphatic carbocycles. The van der Waals surface area contributed by atoms with E-state index in [1.54, 1.807) is 23.0 Å². The van der Waals surface area contributed by atoms with Gasteiger partial charge in [-0.05, 0) is 25.0 Å². The van der Waals surface area contributed by atoms with Gasteiger partial charge in [0.25, 0.3) is 5.91 Å². The molecule has 3 heterocycles. The van der Waals surface area contributed by atoms with Crippen LogP contribution in [0.3, 0.4) is 0 Å². The highest BCUT2D eigenvalue weighted by Crippen LogP contribution is 2.38. The van der Waals surface area contributed by atoms with Gasteiger partial charge < -0.3 is 5.32 Å². The Morgan fingerprint density at radius 1 is 1.28 bits per heavy atom. The maximum atomic E-state index is 12.5. The van der Waals surface area contributed by atoms with Crippen LogP contribution < -0.4 is 5.32 Å². The second kappa shape index (κ2) is 6.25. The summed E-state index contributed by atoms with van der Waals surface area (Å²) in [6.45, 7) is 0. The quantitative estimate of drug-likeness (QED) is 0.728. The molecule has 7 nitrogen and oxygen atoms in total. The smallest absolute Gasteiger partial charge is 0.275 e. The molecule has 126 valence electrons. The highest BCUT2D eigenvalue weighted by atomic mass is 35.5. The predicted octanol–water partition coefficient (Wildman–Crippen LogP) is 3.06. The zero-order chi connectivity index (χ0) is 17.4. The van der Waals surface area contributed by atoms with Crippen LogP contribution in [-0.2, 0) is 7.05 Å². The first-order valence-corrected chi connectivity index (χ1v) is 8.28. The lowest BCUT2D eigenvalue weighted by Crippen LogP contribution is -2.15. The van der Waals surface area contributed by atoms with Gasteiger partial charge in [0.1, 0.15) is 22.5 Å². The summed E-state index contributed by atoms with van der Waals surface area (Å²) in [6.07, 6.45) is 5.66. The summed E-state index contributed by atoms with van der Waals surface area (Å²) >= 11 is 6.03. The molecule has 0 bridgehead atoms. The molecular formula is C17H15ClN6O. The molecule has 3 aromatic rings. The number of pyridine rings is 1.